The molecule has 6 nitrogen and oxygen atoms in total. The number of aliphatic imine (C=N–C) groups is 1. The number of nitrogens with zero attached hydrogens (tertiary/aromatic N) is 4. The third-order valence-electron chi connectivity index (χ3n) is 5.98. The summed E-state index contributed by atoms with van der Waals surface area (Å²) in [6, 6.07) is 8.96. The lowest BCUT2D eigenvalue weighted by atomic mass is 10.1. The Morgan fingerprint density at radius 1 is 1.00 bits per heavy atom. The first kappa shape index (κ1) is 22.3. The van der Waals surface area contributed by atoms with E-state index in [2.05, 4.69) is 65.7 Å². The van der Waals surface area contributed by atoms with Crippen molar-refractivity contribution in [3.63, 3.8) is 0 Å². The highest BCUT2D eigenvalue weighted by atomic mass is 15.3. The molecule has 2 aromatic rings. The quantitative estimate of drug-likeness (QED) is 0.540. The second kappa shape index (κ2) is 11.2. The molecule has 0 radical (unpaired) electrons. The molecule has 1 aliphatic heterocycles. The lowest BCUT2D eigenvalue weighted by Crippen LogP contribution is -2.37. The van der Waals surface area contributed by atoms with Crippen LogP contribution in [0.1, 0.15) is 60.7 Å². The fraction of sp³-hybridized carbons (Fsp3) is 0.583. The van der Waals surface area contributed by atoms with Gasteiger partial charge in [0.2, 0.25) is 0 Å². The van der Waals surface area contributed by atoms with Crippen LogP contribution in [0.15, 0.2) is 29.3 Å². The number of nitrogens with one attached hydrogen (secondary N) is 2. The molecule has 2 N–H and O–H groups in total. The Balaban J connectivity index is 1.56. The number of guanidine groups is 1. The summed E-state index contributed by atoms with van der Waals surface area (Å²) in [7, 11) is 1.99. The first-order valence-electron chi connectivity index (χ1n) is 11.4. The molecular formula is C24H38N6. The van der Waals surface area contributed by atoms with E-state index in [0.29, 0.717) is 6.54 Å². The Morgan fingerprint density at radius 3 is 2.27 bits per heavy atom. The molecule has 1 fully saturated rings. The third kappa shape index (κ3) is 6.33. The van der Waals surface area contributed by atoms with E-state index in [4.69, 9.17) is 4.99 Å². The maximum atomic E-state index is 4.78. The summed E-state index contributed by atoms with van der Waals surface area (Å²) >= 11 is 0. The van der Waals surface area contributed by atoms with Gasteiger partial charge in [0.15, 0.2) is 5.96 Å². The Bertz CT molecular complexity index is 813. The van der Waals surface area contributed by atoms with Gasteiger partial charge in [-0.3, -0.25) is 9.58 Å². The summed E-state index contributed by atoms with van der Waals surface area (Å²) in [4.78, 5) is 7.37. The van der Waals surface area contributed by atoms with Crippen LogP contribution >= 0.6 is 0 Å². The van der Waals surface area contributed by atoms with Crippen LogP contribution in [0.2, 0.25) is 0 Å². The summed E-state index contributed by atoms with van der Waals surface area (Å²) in [5.41, 5.74) is 6.13. The zero-order chi connectivity index (χ0) is 21.3. The van der Waals surface area contributed by atoms with Crippen LogP contribution in [0.5, 0.6) is 0 Å². The third-order valence-corrected chi connectivity index (χ3v) is 5.98. The number of benzene rings is 1. The van der Waals surface area contributed by atoms with Crippen LogP contribution in [-0.4, -0.2) is 40.3 Å². The zero-order valence-corrected chi connectivity index (χ0v) is 19.2. The van der Waals surface area contributed by atoms with Gasteiger partial charge in [-0.1, -0.05) is 37.1 Å². The molecule has 164 valence electrons. The van der Waals surface area contributed by atoms with Crippen molar-refractivity contribution in [2.24, 2.45) is 12.0 Å². The number of rotatable bonds is 7. The minimum atomic E-state index is 0.671. The highest BCUT2D eigenvalue weighted by Gasteiger charge is 2.11. The maximum absolute atomic E-state index is 4.78. The van der Waals surface area contributed by atoms with Gasteiger partial charge in [-0.2, -0.15) is 5.10 Å². The predicted octanol–water partition coefficient (Wildman–Crippen LogP) is 3.67. The van der Waals surface area contributed by atoms with Gasteiger partial charge in [0.1, 0.15) is 0 Å². The van der Waals surface area contributed by atoms with Crippen molar-refractivity contribution in [1.29, 1.82) is 0 Å². The van der Waals surface area contributed by atoms with E-state index in [9.17, 15) is 0 Å². The monoisotopic (exact) mass is 410 g/mol. The molecule has 1 aliphatic rings. The molecular weight excluding hydrogens is 372 g/mol. The van der Waals surface area contributed by atoms with Crippen molar-refractivity contribution in [3.05, 3.63) is 52.3 Å². The van der Waals surface area contributed by atoms with Crippen molar-refractivity contribution < 1.29 is 0 Å². The predicted molar refractivity (Wildman–Crippen MR) is 125 cm³/mol. The van der Waals surface area contributed by atoms with E-state index in [1.807, 2.05) is 11.7 Å². The first-order chi connectivity index (χ1) is 14.6. The number of likely N-dealkylation sites (tertiary alicyclic amines) is 1. The van der Waals surface area contributed by atoms with Crippen LogP contribution in [-0.2, 0) is 26.7 Å². The van der Waals surface area contributed by atoms with E-state index < -0.39 is 0 Å². The van der Waals surface area contributed by atoms with Crippen molar-refractivity contribution in [1.82, 2.24) is 25.3 Å². The van der Waals surface area contributed by atoms with Crippen LogP contribution in [0.3, 0.4) is 0 Å². The topological polar surface area (TPSA) is 57.5 Å². The molecule has 1 aromatic carbocycles. The molecule has 0 unspecified atom stereocenters. The normalized spacial score (nSPS) is 15.8. The lowest BCUT2D eigenvalue weighted by molar-refractivity contribution is 0.277. The van der Waals surface area contributed by atoms with Gasteiger partial charge in [0.05, 0.1) is 12.2 Å². The Labute approximate surface area is 181 Å². The molecule has 0 atom stereocenters. The SMILES string of the molecule is CCNC(=NCc1ccc(CN2CCCCCC2)cc1)NCc1c(C)nn(C)c1C. The second-order valence-corrected chi connectivity index (χ2v) is 8.33. The van der Waals surface area contributed by atoms with Gasteiger partial charge in [0, 0.05) is 37.9 Å². The molecule has 0 saturated carbocycles. The van der Waals surface area contributed by atoms with Crippen molar-refractivity contribution >= 4 is 5.96 Å². The fourth-order valence-corrected chi connectivity index (χ4v) is 4.06. The average Bonchev–Trinajstić information content (AvgIpc) is 2.91. The van der Waals surface area contributed by atoms with E-state index in [1.165, 1.54) is 61.2 Å². The molecule has 0 aliphatic carbocycles. The minimum Gasteiger partial charge on any atom is -0.357 e. The average molecular weight is 411 g/mol. The molecule has 1 saturated heterocycles. The van der Waals surface area contributed by atoms with Crippen LogP contribution in [0, 0.1) is 13.8 Å². The molecule has 1 aromatic heterocycles. The second-order valence-electron chi connectivity index (χ2n) is 8.33. The molecule has 6 heteroatoms. The van der Waals surface area contributed by atoms with Gasteiger partial charge in [-0.15, -0.1) is 0 Å². The standard InChI is InChI=1S/C24H38N6/c1-5-25-24(27-17-23-19(2)28-29(4)20(23)3)26-16-21-10-12-22(13-11-21)18-30-14-8-6-7-9-15-30/h10-13H,5-9,14-18H2,1-4H3,(H2,25,26,27). The fourth-order valence-electron chi connectivity index (χ4n) is 4.06. The molecule has 2 heterocycles. The Kier molecular flexibility index (Phi) is 8.31. The highest BCUT2D eigenvalue weighted by molar-refractivity contribution is 5.79. The molecule has 30 heavy (non-hydrogen) atoms. The minimum absolute atomic E-state index is 0.671. The molecule has 0 bridgehead atoms. The molecule has 0 spiro atoms. The lowest BCUT2D eigenvalue weighted by Gasteiger charge is -2.19. The van der Waals surface area contributed by atoms with Crippen molar-refractivity contribution in [2.45, 2.75) is 66.1 Å². The maximum Gasteiger partial charge on any atom is 0.191 e. The smallest absolute Gasteiger partial charge is 0.191 e. The number of aryl methyl sites for hydroxylation is 2. The summed E-state index contributed by atoms with van der Waals surface area (Å²) in [5.74, 6) is 0.841. The van der Waals surface area contributed by atoms with Crippen LogP contribution in [0.4, 0.5) is 0 Å². The van der Waals surface area contributed by atoms with E-state index in [0.717, 1.165) is 31.3 Å². The largest absolute Gasteiger partial charge is 0.357 e. The van der Waals surface area contributed by atoms with Crippen molar-refractivity contribution in [2.75, 3.05) is 19.6 Å². The Hall–Kier alpha value is -2.34. The van der Waals surface area contributed by atoms with E-state index in [-0.39, 0.29) is 0 Å². The number of aromatic nitrogens is 2. The van der Waals surface area contributed by atoms with Crippen molar-refractivity contribution in [3.8, 4) is 0 Å². The zero-order valence-electron chi connectivity index (χ0n) is 19.2. The van der Waals surface area contributed by atoms with Crippen LogP contribution < -0.4 is 10.6 Å². The summed E-state index contributed by atoms with van der Waals surface area (Å²) in [6.45, 7) is 12.0. The van der Waals surface area contributed by atoms with Gasteiger partial charge < -0.3 is 10.6 Å². The van der Waals surface area contributed by atoms with Gasteiger partial charge in [-0.05, 0) is 57.8 Å². The summed E-state index contributed by atoms with van der Waals surface area (Å²) in [5, 5.41) is 11.3. The number of hydrogen-bond acceptors (Lipinski definition) is 3. The first-order valence-corrected chi connectivity index (χ1v) is 11.4. The highest BCUT2D eigenvalue weighted by Crippen LogP contribution is 2.14. The van der Waals surface area contributed by atoms with E-state index >= 15 is 0 Å². The summed E-state index contributed by atoms with van der Waals surface area (Å²) in [6.07, 6.45) is 5.45. The van der Waals surface area contributed by atoms with Gasteiger partial charge >= 0.3 is 0 Å². The summed E-state index contributed by atoms with van der Waals surface area (Å²) < 4.78 is 1.93. The molecule has 3 rings (SSSR count). The number of hydrogen-bond donors (Lipinski definition) is 2. The van der Waals surface area contributed by atoms with Gasteiger partial charge in [-0.25, -0.2) is 4.99 Å². The van der Waals surface area contributed by atoms with Crippen LogP contribution in [0.25, 0.3) is 0 Å². The van der Waals surface area contributed by atoms with E-state index in [1.54, 1.807) is 0 Å². The molecule has 0 amide bonds. The Morgan fingerprint density at radius 2 is 1.67 bits per heavy atom. The van der Waals surface area contributed by atoms with Gasteiger partial charge in [0.25, 0.3) is 0 Å².